The van der Waals surface area contributed by atoms with Crippen LogP contribution in [-0.2, 0) is 19.1 Å². The van der Waals surface area contributed by atoms with Gasteiger partial charge in [0.25, 0.3) is 5.91 Å². The van der Waals surface area contributed by atoms with Crippen LogP contribution in [0.1, 0.15) is 34.6 Å². The Kier molecular flexibility index (Phi) is 7.47. The summed E-state index contributed by atoms with van der Waals surface area (Å²) in [6, 6.07) is 14.9. The van der Waals surface area contributed by atoms with Crippen LogP contribution in [0, 0.1) is 0 Å². The number of hydrogen-bond acceptors (Lipinski definition) is 7. The van der Waals surface area contributed by atoms with Gasteiger partial charge in [-0.05, 0) is 38.1 Å². The molecule has 2 rings (SSSR count). The second-order valence-electron chi connectivity index (χ2n) is 6.37. The molecule has 2 aromatic rings. The standard InChI is InChI=1S/C21H21NO7/c1-13(2)22-18(23)16(28-20(26)14-9-5-3-6-10-14)17(19(24)25)29-21(27)15-11-7-4-8-12-15/h3-13,16-17H,1-2H3,(H,22,23)(H,24,25)/p-1/t16-,17-/m0/s1. The molecule has 1 N–H and O–H groups in total. The van der Waals surface area contributed by atoms with Gasteiger partial charge in [0.05, 0.1) is 17.1 Å². The molecular weight excluding hydrogens is 378 g/mol. The van der Waals surface area contributed by atoms with Crippen LogP contribution in [-0.4, -0.2) is 42.1 Å². The minimum atomic E-state index is -2.14. The second-order valence-corrected chi connectivity index (χ2v) is 6.37. The number of amides is 1. The fourth-order valence-corrected chi connectivity index (χ4v) is 2.37. The molecule has 2 aromatic carbocycles. The van der Waals surface area contributed by atoms with Crippen molar-refractivity contribution in [1.82, 2.24) is 5.32 Å². The Bertz CT molecular complexity index is 865. The van der Waals surface area contributed by atoms with Crippen molar-refractivity contribution in [2.75, 3.05) is 0 Å². The van der Waals surface area contributed by atoms with Gasteiger partial charge in [-0.2, -0.15) is 0 Å². The molecule has 0 bridgehead atoms. The summed E-state index contributed by atoms with van der Waals surface area (Å²) >= 11 is 0. The highest BCUT2D eigenvalue weighted by Crippen LogP contribution is 2.13. The van der Waals surface area contributed by atoms with E-state index in [0.717, 1.165) is 0 Å². The number of nitrogens with one attached hydrogen (secondary N) is 1. The van der Waals surface area contributed by atoms with Gasteiger partial charge in [-0.3, -0.25) is 4.79 Å². The van der Waals surface area contributed by atoms with Gasteiger partial charge in [0, 0.05) is 6.04 Å². The monoisotopic (exact) mass is 398 g/mol. The predicted molar refractivity (Wildman–Crippen MR) is 99.6 cm³/mol. The summed E-state index contributed by atoms with van der Waals surface area (Å²) in [6.07, 6.45) is -4.09. The number of carbonyl (C=O) groups excluding carboxylic acids is 4. The fourth-order valence-electron chi connectivity index (χ4n) is 2.37. The molecule has 29 heavy (non-hydrogen) atoms. The fraction of sp³-hybridized carbons (Fsp3) is 0.238. The van der Waals surface area contributed by atoms with E-state index in [4.69, 9.17) is 9.47 Å². The first-order chi connectivity index (χ1) is 13.8. The van der Waals surface area contributed by atoms with E-state index >= 15 is 0 Å². The van der Waals surface area contributed by atoms with Gasteiger partial charge in [-0.25, -0.2) is 9.59 Å². The number of hydrogen-bond donors (Lipinski definition) is 1. The SMILES string of the molecule is CC(C)NC(=O)[C@@H](OC(=O)c1ccccc1)[C@H](OC(=O)c1ccccc1)C(=O)[O-]. The first-order valence-electron chi connectivity index (χ1n) is 8.83. The Hall–Kier alpha value is -3.68. The van der Waals surface area contributed by atoms with Gasteiger partial charge < -0.3 is 24.7 Å². The van der Waals surface area contributed by atoms with Gasteiger partial charge in [-0.15, -0.1) is 0 Å². The molecule has 0 saturated heterocycles. The molecule has 0 aliphatic heterocycles. The number of rotatable bonds is 8. The van der Waals surface area contributed by atoms with Gasteiger partial charge >= 0.3 is 11.9 Å². The lowest BCUT2D eigenvalue weighted by Gasteiger charge is -2.27. The number of aliphatic carboxylic acids is 1. The molecule has 0 aliphatic carbocycles. The van der Waals surface area contributed by atoms with Crippen LogP contribution in [0.3, 0.4) is 0 Å². The molecule has 1 amide bonds. The second kappa shape index (κ2) is 10.0. The summed E-state index contributed by atoms with van der Waals surface area (Å²) in [4.78, 5) is 48.8. The summed E-state index contributed by atoms with van der Waals surface area (Å²) in [5.74, 6) is -4.76. The molecule has 8 heteroatoms. The Morgan fingerprint density at radius 2 is 1.17 bits per heavy atom. The molecule has 0 heterocycles. The van der Waals surface area contributed by atoms with Crippen molar-refractivity contribution in [2.24, 2.45) is 0 Å². The van der Waals surface area contributed by atoms with Crippen LogP contribution in [0.15, 0.2) is 60.7 Å². The van der Waals surface area contributed by atoms with Crippen molar-refractivity contribution in [1.29, 1.82) is 0 Å². The van der Waals surface area contributed by atoms with Crippen molar-refractivity contribution in [3.63, 3.8) is 0 Å². The lowest BCUT2D eigenvalue weighted by atomic mass is 10.1. The number of carboxylic acid groups (broad SMARTS) is 1. The zero-order valence-electron chi connectivity index (χ0n) is 15.9. The summed E-state index contributed by atoms with van der Waals surface area (Å²) < 4.78 is 10.1. The highest BCUT2D eigenvalue weighted by atomic mass is 16.6. The van der Waals surface area contributed by atoms with E-state index in [0.29, 0.717) is 0 Å². The average molecular weight is 398 g/mol. The smallest absolute Gasteiger partial charge is 0.339 e. The van der Waals surface area contributed by atoms with E-state index in [-0.39, 0.29) is 17.2 Å². The average Bonchev–Trinajstić information content (AvgIpc) is 2.70. The number of carboxylic acids is 1. The Labute approximate surface area is 167 Å². The lowest BCUT2D eigenvalue weighted by molar-refractivity contribution is -0.317. The van der Waals surface area contributed by atoms with Crippen LogP contribution in [0.2, 0.25) is 0 Å². The van der Waals surface area contributed by atoms with E-state index in [1.165, 1.54) is 24.3 Å². The van der Waals surface area contributed by atoms with Crippen LogP contribution in [0.25, 0.3) is 0 Å². The van der Waals surface area contributed by atoms with Gasteiger partial charge in [-0.1, -0.05) is 36.4 Å². The van der Waals surface area contributed by atoms with Crippen LogP contribution in [0.4, 0.5) is 0 Å². The van der Waals surface area contributed by atoms with E-state index in [1.807, 2.05) is 0 Å². The number of benzene rings is 2. The molecule has 0 saturated carbocycles. The van der Waals surface area contributed by atoms with Gasteiger partial charge in [0.15, 0.2) is 6.10 Å². The topological polar surface area (TPSA) is 122 Å². The minimum Gasteiger partial charge on any atom is -0.546 e. The zero-order valence-corrected chi connectivity index (χ0v) is 15.9. The first-order valence-corrected chi connectivity index (χ1v) is 8.83. The van der Waals surface area contributed by atoms with Gasteiger partial charge in [0.1, 0.15) is 0 Å². The highest BCUT2D eigenvalue weighted by Gasteiger charge is 2.37. The summed E-state index contributed by atoms with van der Waals surface area (Å²) in [5.41, 5.74) is 0.164. The number of ether oxygens (including phenoxy) is 2. The Morgan fingerprint density at radius 1 is 0.759 bits per heavy atom. The van der Waals surface area contributed by atoms with E-state index in [1.54, 1.807) is 50.2 Å². The maximum Gasteiger partial charge on any atom is 0.339 e. The summed E-state index contributed by atoms with van der Waals surface area (Å²) in [7, 11) is 0. The lowest BCUT2D eigenvalue weighted by Crippen LogP contribution is -2.55. The maximum absolute atomic E-state index is 12.5. The molecule has 0 unspecified atom stereocenters. The maximum atomic E-state index is 12.5. The molecule has 0 fully saturated rings. The quantitative estimate of drug-likeness (QED) is 0.650. The molecule has 0 radical (unpaired) electrons. The van der Waals surface area contributed by atoms with Gasteiger partial charge in [0.2, 0.25) is 6.10 Å². The van der Waals surface area contributed by atoms with Crippen molar-refractivity contribution < 1.29 is 33.8 Å². The molecule has 152 valence electrons. The molecule has 0 aromatic heterocycles. The molecule has 8 nitrogen and oxygen atoms in total. The summed E-state index contributed by atoms with van der Waals surface area (Å²) in [6.45, 7) is 3.27. The normalized spacial score (nSPS) is 12.5. The van der Waals surface area contributed by atoms with E-state index in [2.05, 4.69) is 5.32 Å². The molecule has 0 spiro atoms. The zero-order chi connectivity index (χ0) is 21.4. The molecule has 0 aliphatic rings. The third-order valence-corrected chi connectivity index (χ3v) is 3.68. The molecule has 2 atom stereocenters. The van der Waals surface area contributed by atoms with Crippen molar-refractivity contribution in [3.05, 3.63) is 71.8 Å². The highest BCUT2D eigenvalue weighted by molar-refractivity contribution is 5.96. The van der Waals surface area contributed by atoms with Crippen LogP contribution < -0.4 is 10.4 Å². The minimum absolute atomic E-state index is 0.0659. The van der Waals surface area contributed by atoms with Crippen molar-refractivity contribution in [3.8, 4) is 0 Å². The van der Waals surface area contributed by atoms with Crippen molar-refractivity contribution >= 4 is 23.8 Å². The Balaban J connectivity index is 2.29. The first kappa shape index (κ1) is 21.6. The van der Waals surface area contributed by atoms with Crippen molar-refractivity contribution in [2.45, 2.75) is 32.1 Å². The van der Waals surface area contributed by atoms with E-state index < -0.39 is 36.0 Å². The van der Waals surface area contributed by atoms with E-state index in [9.17, 15) is 24.3 Å². The number of carbonyl (C=O) groups is 4. The van der Waals surface area contributed by atoms with Crippen LogP contribution in [0.5, 0.6) is 0 Å². The summed E-state index contributed by atoms with van der Waals surface area (Å²) in [5, 5.41) is 14.1. The third kappa shape index (κ3) is 6.17. The predicted octanol–water partition coefficient (Wildman–Crippen LogP) is 0.712. The third-order valence-electron chi connectivity index (χ3n) is 3.68. The largest absolute Gasteiger partial charge is 0.546 e. The van der Waals surface area contributed by atoms with Crippen LogP contribution >= 0.6 is 0 Å². The number of esters is 2. The molecular formula is C21H20NO7-. The Morgan fingerprint density at radius 3 is 1.55 bits per heavy atom.